The Morgan fingerprint density at radius 1 is 0.800 bits per heavy atom. The molecule has 0 aliphatic carbocycles. The number of rotatable bonds is 12. The molecule has 0 saturated heterocycles. The second-order valence-corrected chi connectivity index (χ2v) is 22.5. The predicted octanol–water partition coefficient (Wildman–Crippen LogP) is 3.93. The van der Waals surface area contributed by atoms with E-state index in [9.17, 15) is 0 Å². The van der Waals surface area contributed by atoms with Crippen LogP contribution in [0.2, 0.25) is 58.9 Å². The van der Waals surface area contributed by atoms with Crippen molar-refractivity contribution in [2.75, 3.05) is 20.8 Å². The average molecular weight is 410 g/mol. The molecule has 6 nitrogen and oxygen atoms in total. The Morgan fingerprint density at radius 3 is 1.68 bits per heavy atom. The molecular formula is C16H39NO5Si3. The predicted molar refractivity (Wildman–Crippen MR) is 112 cm³/mol. The van der Waals surface area contributed by atoms with E-state index in [4.69, 9.17) is 22.9 Å². The fraction of sp³-hybridized carbons (Fsp3) is 0.938. The second kappa shape index (κ2) is 10.3. The zero-order chi connectivity index (χ0) is 19.9. The molecule has 0 rings (SSSR count). The van der Waals surface area contributed by atoms with Crippen molar-refractivity contribution in [1.29, 1.82) is 0 Å². The van der Waals surface area contributed by atoms with Crippen LogP contribution in [-0.4, -0.2) is 70.3 Å². The number of oxime groups is 1. The van der Waals surface area contributed by atoms with Crippen molar-refractivity contribution in [2.24, 2.45) is 5.16 Å². The summed E-state index contributed by atoms with van der Waals surface area (Å²) in [5.41, 5.74) is 0. The zero-order valence-corrected chi connectivity index (χ0v) is 21.0. The molecule has 0 radical (unpaired) electrons. The first-order valence-corrected chi connectivity index (χ1v) is 19.0. The van der Waals surface area contributed by atoms with E-state index in [-0.39, 0.29) is 18.3 Å². The fourth-order valence-corrected chi connectivity index (χ4v) is 5.02. The zero-order valence-electron chi connectivity index (χ0n) is 18.0. The van der Waals surface area contributed by atoms with Gasteiger partial charge in [-0.3, -0.25) is 0 Å². The first kappa shape index (κ1) is 25.0. The van der Waals surface area contributed by atoms with Crippen molar-refractivity contribution in [3.63, 3.8) is 0 Å². The lowest BCUT2D eigenvalue weighted by Crippen LogP contribution is -2.53. The molecule has 0 aromatic heterocycles. The van der Waals surface area contributed by atoms with Crippen LogP contribution in [0.3, 0.4) is 0 Å². The lowest BCUT2D eigenvalue weighted by molar-refractivity contribution is -0.0460. The summed E-state index contributed by atoms with van der Waals surface area (Å²) in [6.45, 7) is 20.0. The number of nitrogens with zero attached hydrogens (tertiary/aromatic N) is 1. The summed E-state index contributed by atoms with van der Waals surface area (Å²) in [5.74, 6) is 0. The van der Waals surface area contributed by atoms with Crippen LogP contribution in [-0.2, 0) is 22.9 Å². The van der Waals surface area contributed by atoms with Gasteiger partial charge in [-0.25, -0.2) is 0 Å². The van der Waals surface area contributed by atoms with Crippen molar-refractivity contribution in [2.45, 2.75) is 77.2 Å². The van der Waals surface area contributed by atoms with Gasteiger partial charge in [-0.15, -0.1) is 0 Å². The molecule has 3 unspecified atom stereocenters. The van der Waals surface area contributed by atoms with Crippen LogP contribution in [0.5, 0.6) is 0 Å². The molecular weight excluding hydrogens is 370 g/mol. The molecule has 0 bridgehead atoms. The highest BCUT2D eigenvalue weighted by molar-refractivity contribution is 6.70. The molecule has 0 N–H and O–H groups in total. The lowest BCUT2D eigenvalue weighted by atomic mass is 10.1. The standard InChI is InChI=1S/C16H39NO5Si3/c1-18-14(12-17-19-2)16(22-25(9,10)11)15(21-24(6,7)8)13-20-23(3,4)5/h12,14-16H,13H2,1-11H3/b17-12+. The Bertz CT molecular complexity index is 402. The molecule has 0 aromatic carbocycles. The largest absolute Gasteiger partial charge is 0.415 e. The third kappa shape index (κ3) is 12.9. The van der Waals surface area contributed by atoms with E-state index in [0.29, 0.717) is 6.61 Å². The minimum atomic E-state index is -1.84. The van der Waals surface area contributed by atoms with Gasteiger partial charge in [0.05, 0.1) is 18.9 Å². The van der Waals surface area contributed by atoms with Crippen LogP contribution in [0.4, 0.5) is 0 Å². The highest BCUT2D eigenvalue weighted by Crippen LogP contribution is 2.22. The number of methoxy groups -OCH3 is 1. The van der Waals surface area contributed by atoms with Crippen molar-refractivity contribution >= 4 is 31.2 Å². The molecule has 0 spiro atoms. The highest BCUT2D eigenvalue weighted by atomic mass is 28.4. The van der Waals surface area contributed by atoms with Crippen LogP contribution in [0.15, 0.2) is 5.16 Å². The van der Waals surface area contributed by atoms with Gasteiger partial charge in [-0.1, -0.05) is 5.16 Å². The Morgan fingerprint density at radius 2 is 1.32 bits per heavy atom. The maximum absolute atomic E-state index is 6.46. The molecule has 3 atom stereocenters. The fourth-order valence-electron chi connectivity index (χ4n) is 2.15. The van der Waals surface area contributed by atoms with Gasteiger partial charge in [0.25, 0.3) is 0 Å². The van der Waals surface area contributed by atoms with E-state index < -0.39 is 25.0 Å². The third-order valence-corrected chi connectivity index (χ3v) is 5.97. The van der Waals surface area contributed by atoms with Gasteiger partial charge in [0.2, 0.25) is 0 Å². The van der Waals surface area contributed by atoms with Gasteiger partial charge >= 0.3 is 0 Å². The van der Waals surface area contributed by atoms with Gasteiger partial charge in [0.1, 0.15) is 19.3 Å². The first-order valence-electron chi connectivity index (χ1n) is 8.77. The second-order valence-electron chi connectivity index (χ2n) is 9.02. The van der Waals surface area contributed by atoms with Crippen molar-refractivity contribution in [1.82, 2.24) is 0 Å². The van der Waals surface area contributed by atoms with E-state index >= 15 is 0 Å². The Balaban J connectivity index is 5.63. The number of hydrogen-bond donors (Lipinski definition) is 0. The Hall–Kier alpha value is -0.0394. The van der Waals surface area contributed by atoms with Gasteiger partial charge in [0.15, 0.2) is 25.0 Å². The van der Waals surface area contributed by atoms with Gasteiger partial charge in [0, 0.05) is 7.11 Å². The molecule has 150 valence electrons. The Kier molecular flexibility index (Phi) is 10.3. The normalized spacial score (nSPS) is 17.6. The summed E-state index contributed by atoms with van der Waals surface area (Å²) in [7, 11) is -2.16. The summed E-state index contributed by atoms with van der Waals surface area (Å²) in [6.07, 6.45) is 0.773. The number of ether oxygens (including phenoxy) is 1. The third-order valence-electron chi connectivity index (χ3n) is 2.95. The highest BCUT2D eigenvalue weighted by Gasteiger charge is 2.38. The first-order chi connectivity index (χ1) is 11.2. The minimum absolute atomic E-state index is 0.210. The molecule has 0 aromatic rings. The molecule has 9 heteroatoms. The Labute approximate surface area is 157 Å². The monoisotopic (exact) mass is 409 g/mol. The van der Waals surface area contributed by atoms with Gasteiger partial charge in [-0.05, 0) is 58.9 Å². The van der Waals surface area contributed by atoms with Gasteiger partial charge in [-0.2, -0.15) is 0 Å². The van der Waals surface area contributed by atoms with Crippen LogP contribution in [0.1, 0.15) is 0 Å². The van der Waals surface area contributed by atoms with Crippen LogP contribution in [0, 0.1) is 0 Å². The molecule has 0 fully saturated rings. The maximum Gasteiger partial charge on any atom is 0.184 e. The van der Waals surface area contributed by atoms with Crippen molar-refractivity contribution < 1.29 is 22.9 Å². The molecule has 0 aliphatic heterocycles. The smallest absolute Gasteiger partial charge is 0.184 e. The molecule has 25 heavy (non-hydrogen) atoms. The quantitative estimate of drug-likeness (QED) is 0.278. The molecule has 0 saturated carbocycles. The summed E-state index contributed by atoms with van der Waals surface area (Å²) in [6, 6.07) is 0. The van der Waals surface area contributed by atoms with Crippen molar-refractivity contribution in [3.8, 4) is 0 Å². The van der Waals surface area contributed by atoms with E-state index in [1.165, 1.54) is 7.11 Å². The minimum Gasteiger partial charge on any atom is -0.415 e. The number of hydrogen-bond acceptors (Lipinski definition) is 6. The van der Waals surface area contributed by atoms with E-state index in [1.54, 1.807) is 13.3 Å². The summed E-state index contributed by atoms with van der Waals surface area (Å²) >= 11 is 0. The van der Waals surface area contributed by atoms with Crippen molar-refractivity contribution in [3.05, 3.63) is 0 Å². The van der Waals surface area contributed by atoms with Crippen LogP contribution >= 0.6 is 0 Å². The van der Waals surface area contributed by atoms with Crippen LogP contribution < -0.4 is 0 Å². The topological polar surface area (TPSA) is 58.5 Å². The summed E-state index contributed by atoms with van der Waals surface area (Å²) in [5, 5.41) is 3.89. The van der Waals surface area contributed by atoms with E-state index in [1.807, 2.05) is 0 Å². The molecule has 0 heterocycles. The van der Waals surface area contributed by atoms with Gasteiger partial charge < -0.3 is 22.9 Å². The molecule has 0 aliphatic rings. The lowest BCUT2D eigenvalue weighted by Gasteiger charge is -2.39. The summed E-state index contributed by atoms with van der Waals surface area (Å²) < 4.78 is 24.7. The SMILES string of the molecule is CO/N=C/C(OC)C(O[Si](C)(C)C)C(CO[Si](C)(C)C)O[Si](C)(C)C. The average Bonchev–Trinajstić information content (AvgIpc) is 2.39. The van der Waals surface area contributed by atoms with Crippen LogP contribution in [0.25, 0.3) is 0 Å². The maximum atomic E-state index is 6.46. The van der Waals surface area contributed by atoms with E-state index in [0.717, 1.165) is 0 Å². The summed E-state index contributed by atoms with van der Waals surface area (Å²) in [4.78, 5) is 4.84. The molecule has 0 amide bonds. The van der Waals surface area contributed by atoms with E-state index in [2.05, 4.69) is 64.1 Å².